The van der Waals surface area contributed by atoms with E-state index in [9.17, 15) is 4.79 Å². The molecule has 1 aromatic rings. The smallest absolute Gasteiger partial charge is 0.321 e. The van der Waals surface area contributed by atoms with Gasteiger partial charge in [-0.1, -0.05) is 17.7 Å². The predicted octanol–water partition coefficient (Wildman–Crippen LogP) is 1.65. The molecule has 0 aliphatic heterocycles. The minimum absolute atomic E-state index is 0.395. The largest absolute Gasteiger partial charge is 0.496 e. The third kappa shape index (κ3) is 4.28. The Bertz CT molecular complexity index is 395. The van der Waals surface area contributed by atoms with Gasteiger partial charge in [0.2, 0.25) is 0 Å². The van der Waals surface area contributed by atoms with E-state index >= 15 is 0 Å². The summed E-state index contributed by atoms with van der Waals surface area (Å²) in [6, 6.07) is 5.13. The molecule has 0 saturated carbocycles. The first kappa shape index (κ1) is 13.9. The summed E-state index contributed by atoms with van der Waals surface area (Å²) in [6.45, 7) is 2.01. The van der Waals surface area contributed by atoms with Gasteiger partial charge in [-0.05, 0) is 13.0 Å². The Kier molecular flexibility index (Phi) is 5.31. The molecule has 1 aromatic carbocycles. The van der Waals surface area contributed by atoms with Crippen molar-refractivity contribution >= 4 is 17.7 Å². The van der Waals surface area contributed by atoms with E-state index in [-0.39, 0.29) is 0 Å². The van der Waals surface area contributed by atoms with Crippen LogP contribution in [0.3, 0.4) is 0 Å². The minimum atomic E-state index is -0.964. The number of carbonyl (C=O) groups is 1. The summed E-state index contributed by atoms with van der Waals surface area (Å²) in [4.78, 5) is 10.6. The second-order valence-electron chi connectivity index (χ2n) is 3.78. The van der Waals surface area contributed by atoms with Crippen LogP contribution in [0.1, 0.15) is 11.1 Å². The number of hydrogen-bond donors (Lipinski definition) is 2. The highest BCUT2D eigenvalue weighted by atomic mass is 32.2. The van der Waals surface area contributed by atoms with Gasteiger partial charge >= 0.3 is 5.97 Å². The predicted molar refractivity (Wildman–Crippen MR) is 69.5 cm³/mol. The Morgan fingerprint density at radius 2 is 2.29 bits per heavy atom. The van der Waals surface area contributed by atoms with Crippen molar-refractivity contribution in [3.63, 3.8) is 0 Å². The summed E-state index contributed by atoms with van der Waals surface area (Å²) < 4.78 is 5.24. The van der Waals surface area contributed by atoms with Gasteiger partial charge in [0.1, 0.15) is 11.8 Å². The first-order valence-electron chi connectivity index (χ1n) is 5.24. The summed E-state index contributed by atoms with van der Waals surface area (Å²) in [5.41, 5.74) is 7.65. The fraction of sp³-hybridized carbons (Fsp3) is 0.417. The highest BCUT2D eigenvalue weighted by Gasteiger charge is 2.11. The lowest BCUT2D eigenvalue weighted by atomic mass is 10.1. The third-order valence-corrected chi connectivity index (χ3v) is 3.42. The zero-order chi connectivity index (χ0) is 12.8. The van der Waals surface area contributed by atoms with Crippen LogP contribution >= 0.6 is 11.8 Å². The second kappa shape index (κ2) is 6.51. The van der Waals surface area contributed by atoms with E-state index in [1.165, 1.54) is 11.8 Å². The van der Waals surface area contributed by atoms with Gasteiger partial charge in [-0.25, -0.2) is 0 Å². The molecule has 1 unspecified atom stereocenters. The molecule has 0 saturated heterocycles. The van der Waals surface area contributed by atoms with Gasteiger partial charge in [-0.2, -0.15) is 11.8 Å². The van der Waals surface area contributed by atoms with Crippen molar-refractivity contribution in [3.8, 4) is 5.75 Å². The van der Waals surface area contributed by atoms with Crippen molar-refractivity contribution in [1.82, 2.24) is 0 Å². The molecule has 5 heteroatoms. The number of aryl methyl sites for hydroxylation is 1. The molecule has 4 nitrogen and oxygen atoms in total. The SMILES string of the molecule is COc1ccc(C)cc1CSCC(N)C(=O)O. The lowest BCUT2D eigenvalue weighted by molar-refractivity contribution is -0.137. The highest BCUT2D eigenvalue weighted by Crippen LogP contribution is 2.24. The lowest BCUT2D eigenvalue weighted by Gasteiger charge is -2.10. The number of hydrogen-bond acceptors (Lipinski definition) is 4. The zero-order valence-electron chi connectivity index (χ0n) is 9.97. The molecule has 0 radical (unpaired) electrons. The van der Waals surface area contributed by atoms with Crippen LogP contribution < -0.4 is 10.5 Å². The maximum atomic E-state index is 10.6. The van der Waals surface area contributed by atoms with Crippen LogP contribution in [0.4, 0.5) is 0 Å². The quantitative estimate of drug-likeness (QED) is 0.808. The van der Waals surface area contributed by atoms with Gasteiger partial charge in [-0.15, -0.1) is 0 Å². The van der Waals surface area contributed by atoms with Crippen molar-refractivity contribution in [2.45, 2.75) is 18.7 Å². The van der Waals surface area contributed by atoms with E-state index in [4.69, 9.17) is 15.6 Å². The van der Waals surface area contributed by atoms with Crippen LogP contribution in [0, 0.1) is 6.92 Å². The molecule has 1 rings (SSSR count). The van der Waals surface area contributed by atoms with Gasteiger partial charge in [-0.3, -0.25) is 4.79 Å². The van der Waals surface area contributed by atoms with Crippen LogP contribution in [0.15, 0.2) is 18.2 Å². The number of nitrogens with two attached hydrogens (primary N) is 1. The Morgan fingerprint density at radius 1 is 1.59 bits per heavy atom. The molecule has 3 N–H and O–H groups in total. The van der Waals surface area contributed by atoms with Crippen molar-refractivity contribution in [2.24, 2.45) is 5.73 Å². The van der Waals surface area contributed by atoms with E-state index in [0.29, 0.717) is 11.5 Å². The van der Waals surface area contributed by atoms with Crippen LogP contribution in [-0.4, -0.2) is 30.0 Å². The second-order valence-corrected chi connectivity index (χ2v) is 4.81. The molecular formula is C12H17NO3S. The first-order valence-corrected chi connectivity index (χ1v) is 6.39. The third-order valence-electron chi connectivity index (χ3n) is 2.31. The lowest BCUT2D eigenvalue weighted by Crippen LogP contribution is -2.32. The van der Waals surface area contributed by atoms with Crippen molar-refractivity contribution in [2.75, 3.05) is 12.9 Å². The molecule has 0 aromatic heterocycles. The van der Waals surface area contributed by atoms with Gasteiger partial charge < -0.3 is 15.6 Å². The average Bonchev–Trinajstić information content (AvgIpc) is 2.29. The Morgan fingerprint density at radius 3 is 2.88 bits per heavy atom. The molecule has 0 aliphatic carbocycles. The number of ether oxygens (including phenoxy) is 1. The van der Waals surface area contributed by atoms with Gasteiger partial charge in [0, 0.05) is 17.1 Å². The van der Waals surface area contributed by atoms with E-state index in [2.05, 4.69) is 0 Å². The number of carboxylic acids is 1. The standard InChI is InChI=1S/C12H17NO3S/c1-8-3-4-11(16-2)9(5-8)6-17-7-10(13)12(14)15/h3-5,10H,6-7,13H2,1-2H3,(H,14,15). The summed E-state index contributed by atoms with van der Waals surface area (Å²) in [5.74, 6) is 0.957. The number of methoxy groups -OCH3 is 1. The van der Waals surface area contributed by atoms with Crippen molar-refractivity contribution < 1.29 is 14.6 Å². The number of thioether (sulfide) groups is 1. The maximum Gasteiger partial charge on any atom is 0.321 e. The van der Waals surface area contributed by atoms with Gasteiger partial charge in [0.25, 0.3) is 0 Å². The molecule has 0 fully saturated rings. The monoisotopic (exact) mass is 255 g/mol. The van der Waals surface area contributed by atoms with E-state index in [1.807, 2.05) is 25.1 Å². The average molecular weight is 255 g/mol. The molecule has 0 bridgehead atoms. The molecule has 94 valence electrons. The Labute approximate surface area is 105 Å². The maximum absolute atomic E-state index is 10.6. The molecule has 1 atom stereocenters. The van der Waals surface area contributed by atoms with Gasteiger partial charge in [0.05, 0.1) is 7.11 Å². The van der Waals surface area contributed by atoms with Crippen LogP contribution in [0.25, 0.3) is 0 Å². The molecule has 17 heavy (non-hydrogen) atoms. The molecule has 0 heterocycles. The molecule has 0 aliphatic rings. The van der Waals surface area contributed by atoms with Crippen molar-refractivity contribution in [3.05, 3.63) is 29.3 Å². The number of carboxylic acid groups (broad SMARTS) is 1. The normalized spacial score (nSPS) is 12.2. The first-order chi connectivity index (χ1) is 8.04. The van der Waals surface area contributed by atoms with Gasteiger partial charge in [0.15, 0.2) is 0 Å². The molecule has 0 amide bonds. The van der Waals surface area contributed by atoms with Crippen LogP contribution in [0.5, 0.6) is 5.75 Å². The zero-order valence-corrected chi connectivity index (χ0v) is 10.8. The summed E-state index contributed by atoms with van der Waals surface area (Å²) >= 11 is 1.50. The van der Waals surface area contributed by atoms with Crippen LogP contribution in [0.2, 0.25) is 0 Å². The highest BCUT2D eigenvalue weighted by molar-refractivity contribution is 7.98. The van der Waals surface area contributed by atoms with E-state index in [0.717, 1.165) is 16.9 Å². The van der Waals surface area contributed by atoms with E-state index in [1.54, 1.807) is 7.11 Å². The summed E-state index contributed by atoms with van der Waals surface area (Å²) in [6.07, 6.45) is 0. The molecular weight excluding hydrogens is 238 g/mol. The Hall–Kier alpha value is -1.20. The fourth-order valence-corrected chi connectivity index (χ4v) is 2.35. The number of benzene rings is 1. The topological polar surface area (TPSA) is 72.5 Å². The summed E-state index contributed by atoms with van der Waals surface area (Å²) in [5, 5.41) is 8.66. The fourth-order valence-electron chi connectivity index (χ4n) is 1.39. The van der Waals surface area contributed by atoms with Crippen molar-refractivity contribution in [1.29, 1.82) is 0 Å². The van der Waals surface area contributed by atoms with Crippen LogP contribution in [-0.2, 0) is 10.5 Å². The minimum Gasteiger partial charge on any atom is -0.496 e. The number of aliphatic carboxylic acids is 1. The van der Waals surface area contributed by atoms with E-state index < -0.39 is 12.0 Å². The molecule has 0 spiro atoms. The summed E-state index contributed by atoms with van der Waals surface area (Å²) in [7, 11) is 1.63. The Balaban J connectivity index is 2.56. The number of rotatable bonds is 6.